The molecule has 9 heteroatoms. The first kappa shape index (κ1) is 21.3. The third kappa shape index (κ3) is 4.97. The largest absolute Gasteiger partial charge is 0.495 e. The molecule has 1 saturated heterocycles. The van der Waals surface area contributed by atoms with Gasteiger partial charge in [0.25, 0.3) is 5.91 Å². The number of sulfonamides is 1. The number of imidazole rings is 1. The molecule has 0 radical (unpaired) electrons. The van der Waals surface area contributed by atoms with Crippen molar-refractivity contribution in [2.24, 2.45) is 0 Å². The van der Waals surface area contributed by atoms with E-state index in [-0.39, 0.29) is 16.6 Å². The molecule has 0 bridgehead atoms. The smallest absolute Gasteiger partial charge is 0.253 e. The van der Waals surface area contributed by atoms with Crippen molar-refractivity contribution >= 4 is 15.9 Å². The van der Waals surface area contributed by atoms with Gasteiger partial charge in [-0.05, 0) is 51.8 Å². The quantitative estimate of drug-likeness (QED) is 0.802. The minimum atomic E-state index is -3.84. The number of aromatic nitrogens is 2. The molecule has 0 saturated carbocycles. The fourth-order valence-corrected chi connectivity index (χ4v) is 5.13. The van der Waals surface area contributed by atoms with Crippen LogP contribution < -0.4 is 9.46 Å². The lowest BCUT2D eigenvalue weighted by Crippen LogP contribution is -2.41. The maximum atomic E-state index is 13.0. The van der Waals surface area contributed by atoms with E-state index >= 15 is 0 Å². The fraction of sp³-hybridized carbons (Fsp3) is 0.500. The summed E-state index contributed by atoms with van der Waals surface area (Å²) < 4.78 is 35.6. The van der Waals surface area contributed by atoms with Crippen molar-refractivity contribution in [2.45, 2.75) is 50.1 Å². The summed E-state index contributed by atoms with van der Waals surface area (Å²) in [4.78, 5) is 18.8. The number of carbonyl (C=O) groups excluding carboxylic acids is 1. The summed E-state index contributed by atoms with van der Waals surface area (Å²) in [5.74, 6) is 0.0288. The summed E-state index contributed by atoms with van der Waals surface area (Å²) >= 11 is 0. The van der Waals surface area contributed by atoms with Crippen molar-refractivity contribution in [3.63, 3.8) is 0 Å². The number of amides is 1. The minimum Gasteiger partial charge on any atom is -0.495 e. The van der Waals surface area contributed by atoms with E-state index < -0.39 is 15.6 Å². The van der Waals surface area contributed by atoms with Crippen LogP contribution in [-0.4, -0.2) is 54.5 Å². The number of carbonyl (C=O) groups is 1. The molecule has 0 unspecified atom stereocenters. The highest BCUT2D eigenvalue weighted by molar-refractivity contribution is 7.89. The van der Waals surface area contributed by atoms with Crippen molar-refractivity contribution in [2.75, 3.05) is 20.2 Å². The zero-order valence-corrected chi connectivity index (χ0v) is 18.1. The van der Waals surface area contributed by atoms with Gasteiger partial charge in [-0.25, -0.2) is 18.1 Å². The van der Waals surface area contributed by atoms with E-state index in [2.05, 4.69) is 14.3 Å². The summed E-state index contributed by atoms with van der Waals surface area (Å²) in [5.41, 5.74) is -0.319. The monoisotopic (exact) mass is 420 g/mol. The summed E-state index contributed by atoms with van der Waals surface area (Å²) in [5, 5.41) is 0. The van der Waals surface area contributed by atoms with E-state index in [4.69, 9.17) is 4.74 Å². The number of methoxy groups -OCH3 is 1. The predicted octanol–water partition coefficient (Wildman–Crippen LogP) is 2.45. The Morgan fingerprint density at radius 3 is 2.48 bits per heavy atom. The Morgan fingerprint density at radius 2 is 1.93 bits per heavy atom. The van der Waals surface area contributed by atoms with Crippen LogP contribution in [0.5, 0.6) is 5.75 Å². The van der Waals surface area contributed by atoms with Gasteiger partial charge in [0.15, 0.2) is 0 Å². The molecule has 1 amide bonds. The summed E-state index contributed by atoms with van der Waals surface area (Å²) in [6.45, 7) is 6.50. The zero-order valence-electron chi connectivity index (χ0n) is 17.3. The van der Waals surface area contributed by atoms with E-state index in [1.807, 2.05) is 6.20 Å². The van der Waals surface area contributed by atoms with Crippen LogP contribution in [0, 0.1) is 0 Å². The highest BCUT2D eigenvalue weighted by Gasteiger charge is 2.29. The number of likely N-dealkylation sites (tertiary alicyclic amines) is 1. The lowest BCUT2D eigenvalue weighted by molar-refractivity contribution is 0.0694. The summed E-state index contributed by atoms with van der Waals surface area (Å²) in [7, 11) is -2.43. The maximum Gasteiger partial charge on any atom is 0.253 e. The Morgan fingerprint density at radius 1 is 1.24 bits per heavy atom. The molecule has 158 valence electrons. The number of hydrogen-bond acceptors (Lipinski definition) is 5. The van der Waals surface area contributed by atoms with Gasteiger partial charge < -0.3 is 14.2 Å². The molecule has 1 aromatic heterocycles. The van der Waals surface area contributed by atoms with Crippen molar-refractivity contribution in [3.05, 3.63) is 42.5 Å². The van der Waals surface area contributed by atoms with Crippen LogP contribution in [0.15, 0.2) is 41.8 Å². The fourth-order valence-electron chi connectivity index (χ4n) is 3.51. The van der Waals surface area contributed by atoms with Gasteiger partial charge in [-0.15, -0.1) is 0 Å². The van der Waals surface area contributed by atoms with Crippen LogP contribution in [0.4, 0.5) is 0 Å². The average molecular weight is 421 g/mol. The topological polar surface area (TPSA) is 93.5 Å². The molecule has 2 aromatic rings. The first-order valence-electron chi connectivity index (χ1n) is 9.59. The number of hydrogen-bond donors (Lipinski definition) is 1. The molecule has 1 fully saturated rings. The number of rotatable bonds is 5. The van der Waals surface area contributed by atoms with E-state index in [1.54, 1.807) is 44.3 Å². The van der Waals surface area contributed by atoms with Crippen molar-refractivity contribution in [1.82, 2.24) is 19.2 Å². The molecule has 29 heavy (non-hydrogen) atoms. The molecule has 8 nitrogen and oxygen atoms in total. The second-order valence-corrected chi connectivity index (χ2v) is 9.91. The third-order valence-electron chi connectivity index (χ3n) is 4.84. The van der Waals surface area contributed by atoms with Gasteiger partial charge in [-0.2, -0.15) is 0 Å². The number of benzene rings is 1. The molecule has 0 atom stereocenters. The zero-order chi connectivity index (χ0) is 21.2. The van der Waals surface area contributed by atoms with Crippen LogP contribution in [0.2, 0.25) is 0 Å². The van der Waals surface area contributed by atoms with Crippen LogP contribution in [0.1, 0.15) is 50.0 Å². The summed E-state index contributed by atoms with van der Waals surface area (Å²) in [6, 6.07) is 4.86. The van der Waals surface area contributed by atoms with E-state index in [0.717, 1.165) is 12.8 Å². The Hall–Kier alpha value is -2.39. The molecule has 1 aliphatic heterocycles. The Kier molecular flexibility index (Phi) is 6.00. The van der Waals surface area contributed by atoms with Crippen LogP contribution >= 0.6 is 0 Å². The number of ether oxygens (including phenoxy) is 1. The lowest BCUT2D eigenvalue weighted by atomic mass is 10.0. The summed E-state index contributed by atoms with van der Waals surface area (Å²) in [6.07, 6.45) is 7.14. The predicted molar refractivity (Wildman–Crippen MR) is 109 cm³/mol. The molecule has 0 spiro atoms. The Labute approximate surface area is 171 Å². The van der Waals surface area contributed by atoms with E-state index in [9.17, 15) is 13.2 Å². The van der Waals surface area contributed by atoms with Crippen molar-refractivity contribution in [1.29, 1.82) is 0 Å². The number of piperidine rings is 1. The van der Waals surface area contributed by atoms with Gasteiger partial charge in [0.2, 0.25) is 10.0 Å². The molecule has 1 aromatic carbocycles. The van der Waals surface area contributed by atoms with E-state index in [0.29, 0.717) is 24.7 Å². The molecular formula is C20H28N4O4S. The van der Waals surface area contributed by atoms with Gasteiger partial charge in [0.1, 0.15) is 10.6 Å². The second kappa shape index (κ2) is 8.16. The molecule has 3 rings (SSSR count). The van der Waals surface area contributed by atoms with Crippen molar-refractivity contribution in [3.8, 4) is 5.75 Å². The standard InChI is InChI=1S/C20H28N4O4S/c1-20(2,3)22-29(26,27)18-13-15(5-6-17(18)28-4)19(25)23-10-7-16(8-11-23)24-12-9-21-14-24/h5-6,9,12-14,16,22H,7-8,10-11H2,1-4H3. The molecule has 1 aliphatic rings. The maximum absolute atomic E-state index is 13.0. The normalized spacial score (nSPS) is 16.1. The minimum absolute atomic E-state index is 0.0333. The highest BCUT2D eigenvalue weighted by Crippen LogP contribution is 2.28. The lowest BCUT2D eigenvalue weighted by Gasteiger charge is -2.32. The van der Waals surface area contributed by atoms with Crippen LogP contribution in [0.3, 0.4) is 0 Å². The second-order valence-electron chi connectivity index (χ2n) is 8.25. The van der Waals surface area contributed by atoms with Gasteiger partial charge in [0.05, 0.1) is 13.4 Å². The van der Waals surface area contributed by atoms with Crippen LogP contribution in [0.25, 0.3) is 0 Å². The van der Waals surface area contributed by atoms with Crippen molar-refractivity contribution < 1.29 is 17.9 Å². The third-order valence-corrected chi connectivity index (χ3v) is 6.62. The molecule has 1 N–H and O–H groups in total. The highest BCUT2D eigenvalue weighted by atomic mass is 32.2. The van der Waals surface area contributed by atoms with Gasteiger partial charge >= 0.3 is 0 Å². The SMILES string of the molecule is COc1ccc(C(=O)N2CCC(n3ccnc3)CC2)cc1S(=O)(=O)NC(C)(C)C. The van der Waals surface area contributed by atoms with E-state index in [1.165, 1.54) is 19.2 Å². The Balaban J connectivity index is 1.80. The molecular weight excluding hydrogens is 392 g/mol. The average Bonchev–Trinajstić information content (AvgIpc) is 3.20. The van der Waals surface area contributed by atoms with Gasteiger partial charge in [-0.3, -0.25) is 4.79 Å². The molecule has 0 aliphatic carbocycles. The molecule has 2 heterocycles. The first-order valence-corrected chi connectivity index (χ1v) is 11.1. The first-order chi connectivity index (χ1) is 13.6. The number of nitrogens with zero attached hydrogens (tertiary/aromatic N) is 3. The number of nitrogens with one attached hydrogen (secondary N) is 1. The Bertz CT molecular complexity index is 957. The van der Waals surface area contributed by atoms with Crippen LogP contribution in [-0.2, 0) is 10.0 Å². The van der Waals surface area contributed by atoms with Gasteiger partial charge in [0, 0.05) is 42.6 Å². The van der Waals surface area contributed by atoms with Gasteiger partial charge in [-0.1, -0.05) is 0 Å².